The van der Waals surface area contributed by atoms with Crippen molar-refractivity contribution in [3.8, 4) is 11.5 Å². The highest BCUT2D eigenvalue weighted by molar-refractivity contribution is 14.1. The third-order valence-electron chi connectivity index (χ3n) is 5.27. The van der Waals surface area contributed by atoms with Gasteiger partial charge in [-0.1, -0.05) is 39.4 Å². The Hall–Kier alpha value is -2.44. The molecule has 1 aromatic heterocycles. The molecule has 176 valence electrons. The Morgan fingerprint density at radius 1 is 1.32 bits per heavy atom. The van der Waals surface area contributed by atoms with Gasteiger partial charge < -0.3 is 14.6 Å². The molecular formula is C24H20BrIN2O5S. The zero-order valence-corrected chi connectivity index (χ0v) is 23.0. The molecule has 1 aliphatic heterocycles. The molecule has 0 radical (unpaired) electrons. The molecule has 1 atom stereocenters. The van der Waals surface area contributed by atoms with Crippen LogP contribution < -0.4 is 19.6 Å². The zero-order chi connectivity index (χ0) is 24.6. The van der Waals surface area contributed by atoms with Gasteiger partial charge in [0.05, 0.1) is 39.1 Å². The van der Waals surface area contributed by atoms with Crippen LogP contribution in [0.15, 0.2) is 61.9 Å². The van der Waals surface area contributed by atoms with Crippen molar-refractivity contribution in [3.05, 3.63) is 86.5 Å². The number of fused-ring (bicyclic) bond motifs is 1. The summed E-state index contributed by atoms with van der Waals surface area (Å²) in [5.41, 5.74) is 2.05. The number of allylic oxidation sites excluding steroid dienone is 1. The van der Waals surface area contributed by atoms with Crippen LogP contribution >= 0.6 is 49.9 Å². The molecule has 1 aliphatic rings. The molecule has 0 aliphatic carbocycles. The first kappa shape index (κ1) is 24.7. The van der Waals surface area contributed by atoms with E-state index >= 15 is 0 Å². The number of thiazole rings is 1. The number of methoxy groups -OCH3 is 1. The summed E-state index contributed by atoms with van der Waals surface area (Å²) >= 11 is 6.69. The molecule has 1 N–H and O–H groups in total. The van der Waals surface area contributed by atoms with E-state index in [1.807, 2.05) is 46.9 Å². The second-order valence-electron chi connectivity index (χ2n) is 7.41. The summed E-state index contributed by atoms with van der Waals surface area (Å²) in [6.07, 6.45) is 1.73. The summed E-state index contributed by atoms with van der Waals surface area (Å²) in [7, 11) is 1.47. The standard InChI is InChI=1S/C24H20BrIN2O5S/c1-4-33-23(31)19-12(2)27-24-28(20(19)14-5-7-15(25)8-6-14)22(30)18(34-24)11-13-9-16(26)21(29)17(10-13)32-3/h5-11,20,29H,4H2,1-3H3/t20-/m1/s1. The number of aromatic hydroxyl groups is 1. The number of halogens is 2. The second kappa shape index (κ2) is 10.0. The molecule has 7 nitrogen and oxygen atoms in total. The van der Waals surface area contributed by atoms with Gasteiger partial charge in [-0.2, -0.15) is 0 Å². The third-order valence-corrected chi connectivity index (χ3v) is 7.61. The molecule has 0 spiro atoms. The van der Waals surface area contributed by atoms with Gasteiger partial charge in [-0.3, -0.25) is 9.36 Å². The molecule has 0 bridgehead atoms. The second-order valence-corrected chi connectivity index (χ2v) is 10.5. The summed E-state index contributed by atoms with van der Waals surface area (Å²) in [5.74, 6) is -0.130. The van der Waals surface area contributed by atoms with Gasteiger partial charge in [0, 0.05) is 4.47 Å². The van der Waals surface area contributed by atoms with E-state index in [2.05, 4.69) is 20.9 Å². The van der Waals surface area contributed by atoms with Gasteiger partial charge in [-0.05, 0) is 77.9 Å². The maximum Gasteiger partial charge on any atom is 0.338 e. The predicted molar refractivity (Wildman–Crippen MR) is 142 cm³/mol. The molecular weight excluding hydrogens is 635 g/mol. The van der Waals surface area contributed by atoms with Crippen LogP contribution in [0.25, 0.3) is 6.08 Å². The molecule has 0 unspecified atom stereocenters. The zero-order valence-electron chi connectivity index (χ0n) is 18.5. The number of carbonyl (C=O) groups excluding carboxylic acids is 1. The molecule has 2 heterocycles. The minimum absolute atomic E-state index is 0.0478. The molecule has 4 rings (SSSR count). The summed E-state index contributed by atoms with van der Waals surface area (Å²) in [4.78, 5) is 31.6. The summed E-state index contributed by atoms with van der Waals surface area (Å²) in [6, 6.07) is 10.2. The van der Waals surface area contributed by atoms with Crippen molar-refractivity contribution in [1.29, 1.82) is 0 Å². The van der Waals surface area contributed by atoms with Crippen molar-refractivity contribution in [1.82, 2.24) is 4.57 Å². The number of phenols is 1. The van der Waals surface area contributed by atoms with Gasteiger partial charge >= 0.3 is 5.97 Å². The number of esters is 1. The predicted octanol–water partition coefficient (Wildman–Crippen LogP) is 3.88. The highest BCUT2D eigenvalue weighted by atomic mass is 127. The van der Waals surface area contributed by atoms with Crippen molar-refractivity contribution in [2.24, 2.45) is 4.99 Å². The Bertz CT molecular complexity index is 1490. The topological polar surface area (TPSA) is 90.1 Å². The molecule has 0 fully saturated rings. The van der Waals surface area contributed by atoms with Gasteiger partial charge in [0.1, 0.15) is 0 Å². The van der Waals surface area contributed by atoms with E-state index in [4.69, 9.17) is 9.47 Å². The van der Waals surface area contributed by atoms with Crippen molar-refractivity contribution < 1.29 is 19.4 Å². The minimum Gasteiger partial charge on any atom is -0.504 e. The molecule has 10 heteroatoms. The van der Waals surface area contributed by atoms with Crippen LogP contribution in [0.4, 0.5) is 0 Å². The number of rotatable bonds is 5. The summed E-state index contributed by atoms with van der Waals surface area (Å²) in [6.45, 7) is 3.71. The Kier molecular flexibility index (Phi) is 7.29. The fourth-order valence-electron chi connectivity index (χ4n) is 3.74. The van der Waals surface area contributed by atoms with E-state index in [0.29, 0.717) is 35.5 Å². The Morgan fingerprint density at radius 3 is 2.68 bits per heavy atom. The normalized spacial score (nSPS) is 15.7. The number of hydrogen-bond donors (Lipinski definition) is 1. The average molecular weight is 655 g/mol. The SMILES string of the molecule is CCOC(=O)C1=C(C)N=c2sc(=Cc3cc(I)c(O)c(OC)c3)c(=O)n2[C@@H]1c1ccc(Br)cc1. The number of hydrogen-bond acceptors (Lipinski definition) is 7. The van der Waals surface area contributed by atoms with E-state index < -0.39 is 12.0 Å². The van der Waals surface area contributed by atoms with E-state index in [1.165, 1.54) is 18.4 Å². The lowest BCUT2D eigenvalue weighted by atomic mass is 9.96. The monoisotopic (exact) mass is 654 g/mol. The van der Waals surface area contributed by atoms with E-state index in [-0.39, 0.29) is 17.9 Å². The average Bonchev–Trinajstić information content (AvgIpc) is 3.10. The number of aromatic nitrogens is 1. The van der Waals surface area contributed by atoms with Gasteiger partial charge in [0.25, 0.3) is 5.56 Å². The van der Waals surface area contributed by atoms with Crippen LogP contribution in [-0.4, -0.2) is 29.4 Å². The van der Waals surface area contributed by atoms with E-state index in [1.54, 1.807) is 36.6 Å². The fraction of sp³-hybridized carbons (Fsp3) is 0.208. The largest absolute Gasteiger partial charge is 0.504 e. The number of carbonyl (C=O) groups is 1. The number of phenolic OH excluding ortho intramolecular Hbond substituents is 1. The van der Waals surface area contributed by atoms with Crippen molar-refractivity contribution >= 4 is 61.9 Å². The maximum absolute atomic E-state index is 13.6. The summed E-state index contributed by atoms with van der Waals surface area (Å²) in [5, 5.41) is 10.1. The molecule has 2 aromatic carbocycles. The van der Waals surface area contributed by atoms with Crippen molar-refractivity contribution in [2.45, 2.75) is 19.9 Å². The molecule has 0 saturated heterocycles. The third kappa shape index (κ3) is 4.58. The van der Waals surface area contributed by atoms with Crippen LogP contribution in [0.2, 0.25) is 0 Å². The molecule has 0 saturated carbocycles. The lowest BCUT2D eigenvalue weighted by molar-refractivity contribution is -0.139. The van der Waals surface area contributed by atoms with Gasteiger partial charge in [-0.25, -0.2) is 9.79 Å². The number of ether oxygens (including phenoxy) is 2. The molecule has 3 aromatic rings. The lowest BCUT2D eigenvalue weighted by Crippen LogP contribution is -2.39. The van der Waals surface area contributed by atoms with Crippen LogP contribution in [0.1, 0.15) is 31.0 Å². The van der Waals surface area contributed by atoms with Gasteiger partial charge in [0.2, 0.25) is 0 Å². The van der Waals surface area contributed by atoms with Crippen LogP contribution in [0.5, 0.6) is 11.5 Å². The number of nitrogens with zero attached hydrogens (tertiary/aromatic N) is 2. The maximum atomic E-state index is 13.6. The van der Waals surface area contributed by atoms with Gasteiger partial charge in [-0.15, -0.1) is 0 Å². The molecule has 34 heavy (non-hydrogen) atoms. The highest BCUT2D eigenvalue weighted by Crippen LogP contribution is 2.33. The summed E-state index contributed by atoms with van der Waals surface area (Å²) < 4.78 is 14.0. The van der Waals surface area contributed by atoms with Crippen LogP contribution in [0.3, 0.4) is 0 Å². The van der Waals surface area contributed by atoms with Gasteiger partial charge in [0.15, 0.2) is 16.3 Å². The van der Waals surface area contributed by atoms with E-state index in [0.717, 1.165) is 10.0 Å². The first-order valence-corrected chi connectivity index (χ1v) is 13.0. The first-order chi connectivity index (χ1) is 16.2. The first-order valence-electron chi connectivity index (χ1n) is 10.3. The Morgan fingerprint density at radius 2 is 2.03 bits per heavy atom. The Labute approximate surface area is 221 Å². The quantitative estimate of drug-likeness (QED) is 0.333. The fourth-order valence-corrected chi connectivity index (χ4v) is 5.67. The number of benzene rings is 2. The lowest BCUT2D eigenvalue weighted by Gasteiger charge is -2.24. The Balaban J connectivity index is 1.95. The smallest absolute Gasteiger partial charge is 0.338 e. The minimum atomic E-state index is -0.667. The van der Waals surface area contributed by atoms with Crippen molar-refractivity contribution in [2.75, 3.05) is 13.7 Å². The van der Waals surface area contributed by atoms with E-state index in [9.17, 15) is 14.7 Å². The highest BCUT2D eigenvalue weighted by Gasteiger charge is 2.33. The van der Waals surface area contributed by atoms with Crippen LogP contribution in [-0.2, 0) is 9.53 Å². The molecule has 0 amide bonds. The van der Waals surface area contributed by atoms with Crippen LogP contribution in [0, 0.1) is 3.57 Å². The van der Waals surface area contributed by atoms with Crippen molar-refractivity contribution in [3.63, 3.8) is 0 Å².